The van der Waals surface area contributed by atoms with Crippen molar-refractivity contribution in [1.82, 2.24) is 15.0 Å². The number of aliphatic hydroxyl groups is 1. The van der Waals surface area contributed by atoms with Gasteiger partial charge in [0.15, 0.2) is 11.6 Å². The molecule has 11 heteroatoms. The average Bonchev–Trinajstić information content (AvgIpc) is 3.41. The smallest absolute Gasteiger partial charge is 0.337 e. The van der Waals surface area contributed by atoms with Gasteiger partial charge in [-0.2, -0.15) is 0 Å². The van der Waals surface area contributed by atoms with Crippen molar-refractivity contribution in [2.45, 2.75) is 38.2 Å². The lowest BCUT2D eigenvalue weighted by Gasteiger charge is -2.34. The van der Waals surface area contributed by atoms with Crippen molar-refractivity contribution >= 4 is 29.3 Å². The zero-order valence-corrected chi connectivity index (χ0v) is 20.4. The van der Waals surface area contributed by atoms with Crippen LogP contribution in [-0.4, -0.2) is 69.3 Å². The molecule has 37 heavy (non-hydrogen) atoms. The molecule has 4 heterocycles. The Morgan fingerprint density at radius 1 is 1.05 bits per heavy atom. The van der Waals surface area contributed by atoms with Gasteiger partial charge in [-0.15, -0.1) is 0 Å². The lowest BCUT2D eigenvalue weighted by molar-refractivity contribution is -0.119. The monoisotopic (exact) mass is 506 g/mol. The third-order valence-corrected chi connectivity index (χ3v) is 6.85. The molecule has 11 nitrogen and oxygen atoms in total. The predicted molar refractivity (Wildman–Crippen MR) is 137 cm³/mol. The number of rotatable bonds is 7. The van der Waals surface area contributed by atoms with Gasteiger partial charge >= 0.3 is 5.97 Å². The van der Waals surface area contributed by atoms with E-state index >= 15 is 0 Å². The van der Waals surface area contributed by atoms with Crippen molar-refractivity contribution in [2.24, 2.45) is 5.92 Å². The molecule has 2 aromatic heterocycles. The number of aliphatic hydroxyl groups excluding tert-OH is 1. The highest BCUT2D eigenvalue weighted by Crippen LogP contribution is 2.26. The van der Waals surface area contributed by atoms with Gasteiger partial charge < -0.3 is 30.1 Å². The van der Waals surface area contributed by atoms with E-state index in [2.05, 4.69) is 25.2 Å². The van der Waals surface area contributed by atoms with Crippen molar-refractivity contribution < 1.29 is 24.5 Å². The summed E-state index contributed by atoms with van der Waals surface area (Å²) >= 11 is 0. The number of carbonyl (C=O) groups is 2. The molecule has 2 fully saturated rings. The maximum atomic E-state index is 13.0. The van der Waals surface area contributed by atoms with Crippen LogP contribution in [0.15, 0.2) is 54.4 Å². The average molecular weight is 507 g/mol. The summed E-state index contributed by atoms with van der Waals surface area (Å²) < 4.78 is 6.07. The number of carboxylic acid groups (broad SMARTS) is 1. The summed E-state index contributed by atoms with van der Waals surface area (Å²) in [5.74, 6) is 1.14. The van der Waals surface area contributed by atoms with E-state index < -0.39 is 5.97 Å². The molecule has 1 amide bonds. The summed E-state index contributed by atoms with van der Waals surface area (Å²) in [6.45, 7) is 2.56. The van der Waals surface area contributed by atoms with E-state index in [4.69, 9.17) is 9.84 Å². The number of anilines is 3. The second-order valence-corrected chi connectivity index (χ2v) is 9.47. The maximum absolute atomic E-state index is 13.0. The molecular weight excluding hydrogens is 476 g/mol. The number of aromatic nitrogens is 3. The van der Waals surface area contributed by atoms with E-state index in [1.54, 1.807) is 12.3 Å². The van der Waals surface area contributed by atoms with Gasteiger partial charge in [0.1, 0.15) is 23.5 Å². The fourth-order valence-electron chi connectivity index (χ4n) is 4.84. The van der Waals surface area contributed by atoms with Crippen molar-refractivity contribution in [2.75, 3.05) is 41.3 Å². The number of hydrogen-bond donors (Lipinski definition) is 3. The van der Waals surface area contributed by atoms with Gasteiger partial charge in [0.05, 0.1) is 30.4 Å². The zero-order valence-electron chi connectivity index (χ0n) is 20.4. The Morgan fingerprint density at radius 3 is 2.70 bits per heavy atom. The lowest BCUT2D eigenvalue weighted by Crippen LogP contribution is -2.40. The van der Waals surface area contributed by atoms with Gasteiger partial charge in [0.2, 0.25) is 5.91 Å². The quantitative estimate of drug-likeness (QED) is 0.513. The van der Waals surface area contributed by atoms with Gasteiger partial charge in [0.25, 0.3) is 0 Å². The molecule has 2 unspecified atom stereocenters. The van der Waals surface area contributed by atoms with E-state index in [0.717, 1.165) is 25.8 Å². The largest absolute Gasteiger partial charge is 0.508 e. The molecule has 0 aromatic carbocycles. The molecule has 0 spiro atoms. The first-order chi connectivity index (χ1) is 18.0. The standard InChI is InChI=1S/C26H30N6O5/c33-20-5-1-2-6-21(20)37-19-4-3-10-31(16-19)24-14-27-13-22(29-24)30-25(34)18-9-11-32(15-18)23-8-7-17(12-28-23)26(35)36/h2,6-8,12-14,18-19,33H,1,3-5,9-11,15-16H2,(H,35,36)(H,29,30,34). The van der Waals surface area contributed by atoms with Gasteiger partial charge in [0, 0.05) is 32.3 Å². The van der Waals surface area contributed by atoms with Crippen LogP contribution in [0.2, 0.25) is 0 Å². The van der Waals surface area contributed by atoms with Crippen LogP contribution < -0.4 is 15.1 Å². The number of piperidine rings is 1. The Labute approximate surface area is 214 Å². The summed E-state index contributed by atoms with van der Waals surface area (Å²) in [7, 11) is 0. The molecule has 1 aliphatic carbocycles. The van der Waals surface area contributed by atoms with Crippen LogP contribution in [0.4, 0.5) is 17.5 Å². The third-order valence-electron chi connectivity index (χ3n) is 6.85. The van der Waals surface area contributed by atoms with E-state index in [1.165, 1.54) is 18.5 Å². The molecule has 5 rings (SSSR count). The summed E-state index contributed by atoms with van der Waals surface area (Å²) in [5, 5.41) is 22.0. The van der Waals surface area contributed by atoms with Gasteiger partial charge in [-0.3, -0.25) is 9.78 Å². The maximum Gasteiger partial charge on any atom is 0.337 e. The molecule has 3 aliphatic rings. The highest BCUT2D eigenvalue weighted by Gasteiger charge is 2.30. The SMILES string of the molecule is O=C(O)c1ccc(N2CCC(C(=O)Nc3cncc(N4CCCC(OC5=C(O)CCC=C5)C4)n3)C2)nc1. The molecule has 3 N–H and O–H groups in total. The molecule has 194 valence electrons. The molecule has 0 bridgehead atoms. The molecule has 0 saturated carbocycles. The summed E-state index contributed by atoms with van der Waals surface area (Å²) in [4.78, 5) is 41.2. The van der Waals surface area contributed by atoms with Crippen LogP contribution in [0.5, 0.6) is 0 Å². The Kier molecular flexibility index (Phi) is 7.20. The highest BCUT2D eigenvalue weighted by atomic mass is 16.5. The van der Waals surface area contributed by atoms with Crippen molar-refractivity contribution in [1.29, 1.82) is 0 Å². The van der Waals surface area contributed by atoms with Gasteiger partial charge in [-0.05, 0) is 43.9 Å². The fourth-order valence-corrected chi connectivity index (χ4v) is 4.84. The lowest BCUT2D eigenvalue weighted by atomic mass is 10.1. The van der Waals surface area contributed by atoms with Crippen molar-refractivity contribution in [3.63, 3.8) is 0 Å². The second-order valence-electron chi connectivity index (χ2n) is 9.47. The fraction of sp³-hybridized carbons (Fsp3) is 0.423. The summed E-state index contributed by atoms with van der Waals surface area (Å²) in [6, 6.07) is 3.18. The number of ether oxygens (including phenoxy) is 1. The Bertz CT molecular complexity index is 1210. The van der Waals surface area contributed by atoms with Crippen LogP contribution in [0.3, 0.4) is 0 Å². The van der Waals surface area contributed by atoms with Crippen LogP contribution in [-0.2, 0) is 9.53 Å². The summed E-state index contributed by atoms with van der Waals surface area (Å²) in [5.41, 5.74) is 0.128. The van der Waals surface area contributed by atoms with Crippen LogP contribution in [0.25, 0.3) is 0 Å². The van der Waals surface area contributed by atoms with Crippen molar-refractivity contribution in [3.8, 4) is 0 Å². The topological polar surface area (TPSA) is 141 Å². The predicted octanol–water partition coefficient (Wildman–Crippen LogP) is 3.14. The molecular formula is C26H30N6O5. The Hall–Kier alpha value is -4.15. The minimum absolute atomic E-state index is 0.0728. The number of carboxylic acids is 1. The Morgan fingerprint density at radius 2 is 1.92 bits per heavy atom. The number of aromatic carboxylic acids is 1. The number of allylic oxidation sites excluding steroid dienone is 3. The van der Waals surface area contributed by atoms with Crippen LogP contribution in [0, 0.1) is 5.92 Å². The first kappa shape index (κ1) is 24.5. The number of nitrogens with one attached hydrogen (secondary N) is 1. The number of carbonyl (C=O) groups excluding carboxylic acids is 1. The third kappa shape index (κ3) is 5.82. The van der Waals surface area contributed by atoms with Gasteiger partial charge in [-0.1, -0.05) is 6.08 Å². The number of nitrogens with zero attached hydrogens (tertiary/aromatic N) is 5. The molecule has 2 aliphatic heterocycles. The molecule has 2 saturated heterocycles. The van der Waals surface area contributed by atoms with E-state index in [1.807, 2.05) is 17.1 Å². The van der Waals surface area contributed by atoms with Crippen molar-refractivity contribution in [3.05, 3.63) is 60.0 Å². The minimum atomic E-state index is -1.02. The molecule has 2 aromatic rings. The second kappa shape index (κ2) is 10.9. The number of hydrogen-bond acceptors (Lipinski definition) is 9. The Balaban J connectivity index is 1.18. The van der Waals surface area contributed by atoms with Gasteiger partial charge in [-0.25, -0.2) is 14.8 Å². The summed E-state index contributed by atoms with van der Waals surface area (Å²) in [6.07, 6.45) is 12.2. The minimum Gasteiger partial charge on any atom is -0.508 e. The number of pyridine rings is 1. The van der Waals surface area contributed by atoms with Crippen LogP contribution in [0.1, 0.15) is 42.5 Å². The normalized spacial score (nSPS) is 21.7. The van der Waals surface area contributed by atoms with Crippen LogP contribution >= 0.6 is 0 Å². The first-order valence-corrected chi connectivity index (χ1v) is 12.5. The zero-order chi connectivity index (χ0) is 25.8. The van der Waals surface area contributed by atoms with E-state index in [9.17, 15) is 14.7 Å². The highest BCUT2D eigenvalue weighted by molar-refractivity contribution is 5.92. The molecule has 0 radical (unpaired) electrons. The van der Waals surface area contributed by atoms with E-state index in [0.29, 0.717) is 61.4 Å². The number of amides is 1. The van der Waals surface area contributed by atoms with E-state index in [-0.39, 0.29) is 23.5 Å². The first-order valence-electron chi connectivity index (χ1n) is 12.5. The molecule has 2 atom stereocenters.